The molecule has 1 aromatic heterocycles. The summed E-state index contributed by atoms with van der Waals surface area (Å²) in [4.78, 5) is 14.3. The normalized spacial score (nSPS) is 11.2. The minimum atomic E-state index is -3.79. The number of rotatable bonds is 5. The standard InChI is InChI=1S/C19H17NO4S/c1-2-20(15-9-5-3-6-10-15)19(21)17-13-14-18(24-17)25(22,23)16-11-7-4-8-12-16/h3-14H,2H2,1H3. The fourth-order valence-corrected chi connectivity index (χ4v) is 3.67. The third-order valence-corrected chi connectivity index (χ3v) is 5.38. The van der Waals surface area contributed by atoms with Crippen molar-refractivity contribution in [3.8, 4) is 0 Å². The van der Waals surface area contributed by atoms with Crippen molar-refractivity contribution in [2.24, 2.45) is 0 Å². The van der Waals surface area contributed by atoms with E-state index in [-0.39, 0.29) is 21.7 Å². The average molecular weight is 355 g/mol. The number of carbonyl (C=O) groups excluding carboxylic acids is 1. The van der Waals surface area contributed by atoms with E-state index in [4.69, 9.17) is 4.42 Å². The molecule has 0 saturated heterocycles. The van der Waals surface area contributed by atoms with Crippen molar-refractivity contribution in [3.63, 3.8) is 0 Å². The molecule has 0 unspecified atom stereocenters. The number of amides is 1. The first-order valence-corrected chi connectivity index (χ1v) is 9.29. The van der Waals surface area contributed by atoms with Crippen molar-refractivity contribution in [1.29, 1.82) is 0 Å². The molecule has 6 heteroatoms. The van der Waals surface area contributed by atoms with Crippen LogP contribution in [0.15, 0.2) is 87.2 Å². The van der Waals surface area contributed by atoms with Crippen LogP contribution in [-0.4, -0.2) is 20.9 Å². The van der Waals surface area contributed by atoms with Crippen molar-refractivity contribution in [1.82, 2.24) is 0 Å². The monoisotopic (exact) mass is 355 g/mol. The zero-order chi connectivity index (χ0) is 17.9. The first kappa shape index (κ1) is 17.0. The van der Waals surface area contributed by atoms with Gasteiger partial charge in [-0.05, 0) is 43.3 Å². The zero-order valence-electron chi connectivity index (χ0n) is 13.6. The van der Waals surface area contributed by atoms with Crippen LogP contribution in [0.5, 0.6) is 0 Å². The highest BCUT2D eigenvalue weighted by atomic mass is 32.2. The van der Waals surface area contributed by atoms with E-state index < -0.39 is 9.84 Å². The SMILES string of the molecule is CCN(C(=O)c1ccc(S(=O)(=O)c2ccccc2)o1)c1ccccc1. The Morgan fingerprint density at radius 2 is 1.52 bits per heavy atom. The molecule has 1 heterocycles. The Labute approximate surface area is 146 Å². The Hall–Kier alpha value is -2.86. The van der Waals surface area contributed by atoms with Crippen LogP contribution in [0, 0.1) is 0 Å². The summed E-state index contributed by atoms with van der Waals surface area (Å²) in [6.45, 7) is 2.28. The zero-order valence-corrected chi connectivity index (χ0v) is 14.4. The average Bonchev–Trinajstić information content (AvgIpc) is 3.15. The number of furan rings is 1. The second-order valence-corrected chi connectivity index (χ2v) is 7.20. The first-order chi connectivity index (χ1) is 12.0. The van der Waals surface area contributed by atoms with E-state index in [2.05, 4.69) is 0 Å². The summed E-state index contributed by atoms with van der Waals surface area (Å²) in [5, 5.41) is -0.244. The number of hydrogen-bond donors (Lipinski definition) is 0. The molecule has 2 aromatic carbocycles. The summed E-state index contributed by atoms with van der Waals surface area (Å²) in [5.41, 5.74) is 0.721. The third kappa shape index (κ3) is 3.34. The molecule has 0 spiro atoms. The van der Waals surface area contributed by atoms with E-state index >= 15 is 0 Å². The lowest BCUT2D eigenvalue weighted by atomic mass is 10.2. The van der Waals surface area contributed by atoms with Crippen LogP contribution in [0.2, 0.25) is 0 Å². The van der Waals surface area contributed by atoms with Crippen molar-refractivity contribution in [2.45, 2.75) is 16.9 Å². The molecule has 0 aliphatic heterocycles. The largest absolute Gasteiger partial charge is 0.439 e. The molecule has 0 bridgehead atoms. The van der Waals surface area contributed by atoms with Crippen molar-refractivity contribution >= 4 is 21.4 Å². The van der Waals surface area contributed by atoms with Gasteiger partial charge in [0.05, 0.1) is 4.90 Å². The molecule has 0 saturated carbocycles. The number of hydrogen-bond acceptors (Lipinski definition) is 4. The van der Waals surface area contributed by atoms with Gasteiger partial charge in [-0.1, -0.05) is 36.4 Å². The van der Waals surface area contributed by atoms with Crippen molar-refractivity contribution in [3.05, 3.63) is 78.6 Å². The van der Waals surface area contributed by atoms with Crippen LogP contribution >= 0.6 is 0 Å². The molecule has 3 rings (SSSR count). The molecule has 5 nitrogen and oxygen atoms in total. The van der Waals surface area contributed by atoms with E-state index in [1.54, 1.807) is 18.2 Å². The Balaban J connectivity index is 1.92. The predicted octanol–water partition coefficient (Wildman–Crippen LogP) is 3.78. The number of anilines is 1. The van der Waals surface area contributed by atoms with Gasteiger partial charge in [-0.15, -0.1) is 0 Å². The molecule has 1 amide bonds. The summed E-state index contributed by atoms with van der Waals surface area (Å²) >= 11 is 0. The van der Waals surface area contributed by atoms with E-state index in [9.17, 15) is 13.2 Å². The maximum atomic E-state index is 12.7. The molecular weight excluding hydrogens is 338 g/mol. The highest BCUT2D eigenvalue weighted by molar-refractivity contribution is 7.91. The summed E-state index contributed by atoms with van der Waals surface area (Å²) < 4.78 is 30.5. The van der Waals surface area contributed by atoms with E-state index in [0.717, 1.165) is 5.69 Å². The number of benzene rings is 2. The molecule has 0 aliphatic carbocycles. The van der Waals surface area contributed by atoms with Crippen molar-refractivity contribution < 1.29 is 17.6 Å². The van der Waals surface area contributed by atoms with Gasteiger partial charge in [-0.2, -0.15) is 0 Å². The Bertz CT molecular complexity index is 963. The third-order valence-electron chi connectivity index (χ3n) is 3.74. The van der Waals surface area contributed by atoms with Gasteiger partial charge in [0.2, 0.25) is 14.9 Å². The van der Waals surface area contributed by atoms with Gasteiger partial charge in [0.1, 0.15) is 0 Å². The Morgan fingerprint density at radius 1 is 0.920 bits per heavy atom. The van der Waals surface area contributed by atoms with Gasteiger partial charge in [-0.25, -0.2) is 8.42 Å². The molecule has 0 fully saturated rings. The highest BCUT2D eigenvalue weighted by Gasteiger charge is 2.25. The van der Waals surface area contributed by atoms with Crippen LogP contribution in [0.25, 0.3) is 0 Å². The molecule has 3 aromatic rings. The Kier molecular flexibility index (Phi) is 4.72. The van der Waals surface area contributed by atoms with E-state index in [0.29, 0.717) is 6.54 Å². The second kappa shape index (κ2) is 6.94. The van der Waals surface area contributed by atoms with E-state index in [1.165, 1.54) is 29.2 Å². The second-order valence-electron chi connectivity index (χ2n) is 5.32. The summed E-state index contributed by atoms with van der Waals surface area (Å²) in [6, 6.07) is 19.8. The molecule has 25 heavy (non-hydrogen) atoms. The minimum Gasteiger partial charge on any atom is -0.439 e. The molecule has 0 N–H and O–H groups in total. The van der Waals surface area contributed by atoms with Gasteiger partial charge < -0.3 is 9.32 Å². The van der Waals surface area contributed by atoms with Gasteiger partial charge >= 0.3 is 0 Å². The topological polar surface area (TPSA) is 67.6 Å². The van der Waals surface area contributed by atoms with Crippen molar-refractivity contribution in [2.75, 3.05) is 11.4 Å². The fraction of sp³-hybridized carbons (Fsp3) is 0.105. The van der Waals surface area contributed by atoms with Crippen LogP contribution in [0.3, 0.4) is 0 Å². The maximum absolute atomic E-state index is 12.7. The van der Waals surface area contributed by atoms with Crippen LogP contribution in [-0.2, 0) is 9.84 Å². The predicted molar refractivity (Wildman–Crippen MR) is 94.4 cm³/mol. The van der Waals surface area contributed by atoms with Gasteiger partial charge in [0.25, 0.3) is 5.91 Å². The molecular formula is C19H17NO4S. The number of nitrogens with zero attached hydrogens (tertiary/aromatic N) is 1. The lowest BCUT2D eigenvalue weighted by Crippen LogP contribution is -2.30. The lowest BCUT2D eigenvalue weighted by Gasteiger charge is -2.19. The van der Waals surface area contributed by atoms with Crippen LogP contribution < -0.4 is 4.90 Å². The van der Waals surface area contributed by atoms with Gasteiger partial charge in [-0.3, -0.25) is 4.79 Å². The molecule has 0 atom stereocenters. The van der Waals surface area contributed by atoms with Gasteiger partial charge in [0.15, 0.2) is 5.76 Å². The lowest BCUT2D eigenvalue weighted by molar-refractivity contribution is 0.0956. The highest BCUT2D eigenvalue weighted by Crippen LogP contribution is 2.24. The summed E-state index contributed by atoms with van der Waals surface area (Å²) in [7, 11) is -3.79. The summed E-state index contributed by atoms with van der Waals surface area (Å²) in [5.74, 6) is -0.400. The van der Waals surface area contributed by atoms with E-state index in [1.807, 2.05) is 37.3 Å². The van der Waals surface area contributed by atoms with Gasteiger partial charge in [0, 0.05) is 12.2 Å². The smallest absolute Gasteiger partial charge is 0.294 e. The Morgan fingerprint density at radius 3 is 2.12 bits per heavy atom. The molecule has 0 radical (unpaired) electrons. The fourth-order valence-electron chi connectivity index (χ4n) is 2.48. The number of para-hydroxylation sites is 1. The van der Waals surface area contributed by atoms with Crippen LogP contribution in [0.4, 0.5) is 5.69 Å². The number of carbonyl (C=O) groups is 1. The quantitative estimate of drug-likeness (QED) is 0.698. The minimum absolute atomic E-state index is 0.0137. The maximum Gasteiger partial charge on any atom is 0.294 e. The molecule has 0 aliphatic rings. The number of sulfone groups is 1. The summed E-state index contributed by atoms with van der Waals surface area (Å²) in [6.07, 6.45) is 0. The first-order valence-electron chi connectivity index (χ1n) is 7.81. The van der Waals surface area contributed by atoms with Crippen LogP contribution in [0.1, 0.15) is 17.5 Å². The molecule has 128 valence electrons.